The van der Waals surface area contributed by atoms with Gasteiger partial charge in [0.05, 0.1) is 0 Å². The molecule has 0 fully saturated rings. The van der Waals surface area contributed by atoms with Crippen LogP contribution in [0.2, 0.25) is 0 Å². The smallest absolute Gasteiger partial charge is 0.129 e. The van der Waals surface area contributed by atoms with Gasteiger partial charge in [-0.1, -0.05) is 0 Å². The maximum Gasteiger partial charge on any atom is 0.129 e. The summed E-state index contributed by atoms with van der Waals surface area (Å²) in [7, 11) is 0. The van der Waals surface area contributed by atoms with Crippen LogP contribution in [0.3, 0.4) is 0 Å². The number of carbonyl (C=O) groups excluding carboxylic acids is 1. The minimum atomic E-state index is 0.296. The minimum absolute atomic E-state index is 0.296. The second-order valence-electron chi connectivity index (χ2n) is 3.25. The Morgan fingerprint density at radius 2 is 2.45 bits per heavy atom. The Morgan fingerprint density at radius 3 is 2.91 bits per heavy atom. The molecule has 1 heterocycles. The summed E-state index contributed by atoms with van der Waals surface area (Å²) in [6.45, 7) is 4.69. The first-order valence-electron chi connectivity index (χ1n) is 4.20. The van der Waals surface area contributed by atoms with E-state index in [9.17, 15) is 4.79 Å². The van der Waals surface area contributed by atoms with Gasteiger partial charge in [0.2, 0.25) is 0 Å². The van der Waals surface area contributed by atoms with Crippen LogP contribution in [-0.2, 0) is 4.79 Å². The minimum Gasteiger partial charge on any atom is -0.300 e. The van der Waals surface area contributed by atoms with Crippen LogP contribution in [0.15, 0.2) is 4.99 Å². The molecule has 1 atom stereocenters. The molecule has 0 aliphatic carbocycles. The summed E-state index contributed by atoms with van der Waals surface area (Å²) in [5.41, 5.74) is 1.24. The van der Waals surface area contributed by atoms with Crippen molar-refractivity contribution in [2.75, 3.05) is 6.54 Å². The predicted octanol–water partition coefficient (Wildman–Crippen LogP) is 1.84. The molecule has 0 bridgehead atoms. The number of rotatable bonds is 3. The zero-order valence-electron chi connectivity index (χ0n) is 7.26. The van der Waals surface area contributed by atoms with Gasteiger partial charge in [-0.3, -0.25) is 4.99 Å². The molecule has 0 saturated carbocycles. The van der Waals surface area contributed by atoms with Gasteiger partial charge in [-0.05, 0) is 32.6 Å². The number of ketones is 1. The molecule has 0 aromatic carbocycles. The topological polar surface area (TPSA) is 29.4 Å². The average Bonchev–Trinajstić information content (AvgIpc) is 2.31. The van der Waals surface area contributed by atoms with Crippen LogP contribution in [-0.4, -0.2) is 18.0 Å². The van der Waals surface area contributed by atoms with Crippen LogP contribution in [0.5, 0.6) is 0 Å². The molecule has 1 unspecified atom stereocenters. The van der Waals surface area contributed by atoms with Gasteiger partial charge in [-0.2, -0.15) is 0 Å². The number of Topliss-reactive ketones (excluding diaryl/α,β-unsaturated/α-hetero) is 1. The van der Waals surface area contributed by atoms with E-state index < -0.39 is 0 Å². The molecule has 11 heavy (non-hydrogen) atoms. The van der Waals surface area contributed by atoms with Crippen molar-refractivity contribution in [1.29, 1.82) is 0 Å². The van der Waals surface area contributed by atoms with Gasteiger partial charge in [0, 0.05) is 18.7 Å². The van der Waals surface area contributed by atoms with E-state index in [4.69, 9.17) is 0 Å². The van der Waals surface area contributed by atoms with E-state index in [0.717, 1.165) is 25.8 Å². The molecule has 0 amide bonds. The average molecular weight is 153 g/mol. The Hall–Kier alpha value is -0.660. The normalized spacial score (nSPS) is 23.5. The third-order valence-corrected chi connectivity index (χ3v) is 2.27. The van der Waals surface area contributed by atoms with Crippen LogP contribution < -0.4 is 0 Å². The molecule has 0 N–H and O–H groups in total. The number of carbonyl (C=O) groups is 1. The number of nitrogens with zero attached hydrogens (tertiary/aromatic N) is 1. The number of hydrogen-bond donors (Lipinski definition) is 0. The third kappa shape index (κ3) is 2.45. The lowest BCUT2D eigenvalue weighted by atomic mass is 9.96. The predicted molar refractivity (Wildman–Crippen MR) is 46.0 cm³/mol. The van der Waals surface area contributed by atoms with Crippen molar-refractivity contribution in [1.82, 2.24) is 0 Å². The van der Waals surface area contributed by atoms with Crippen molar-refractivity contribution in [3.8, 4) is 0 Å². The van der Waals surface area contributed by atoms with E-state index in [-0.39, 0.29) is 0 Å². The summed E-state index contributed by atoms with van der Waals surface area (Å²) >= 11 is 0. The number of aliphatic imine (C=N–C) groups is 1. The van der Waals surface area contributed by atoms with Crippen LogP contribution in [0.1, 0.15) is 33.1 Å². The first kappa shape index (κ1) is 8.44. The largest absolute Gasteiger partial charge is 0.300 e. The van der Waals surface area contributed by atoms with Crippen LogP contribution in [0.25, 0.3) is 0 Å². The Kier molecular flexibility index (Phi) is 2.80. The summed E-state index contributed by atoms with van der Waals surface area (Å²) in [6, 6.07) is 0. The highest BCUT2D eigenvalue weighted by Crippen LogP contribution is 2.19. The lowest BCUT2D eigenvalue weighted by Crippen LogP contribution is -2.07. The molecule has 0 radical (unpaired) electrons. The second-order valence-corrected chi connectivity index (χ2v) is 3.25. The van der Waals surface area contributed by atoms with Gasteiger partial charge in [0.25, 0.3) is 0 Å². The first-order chi connectivity index (χ1) is 5.20. The fraction of sp³-hybridized carbons (Fsp3) is 0.778. The van der Waals surface area contributed by atoms with Crippen molar-refractivity contribution in [3.63, 3.8) is 0 Å². The molecular formula is C9H15NO. The molecule has 1 rings (SSSR count). The summed E-state index contributed by atoms with van der Waals surface area (Å²) in [5.74, 6) is 0.892. The van der Waals surface area contributed by atoms with Crippen molar-refractivity contribution >= 4 is 11.5 Å². The van der Waals surface area contributed by atoms with Crippen molar-refractivity contribution < 1.29 is 4.79 Å². The maximum absolute atomic E-state index is 10.7. The maximum atomic E-state index is 10.7. The van der Waals surface area contributed by atoms with Gasteiger partial charge in [0.15, 0.2) is 0 Å². The third-order valence-electron chi connectivity index (χ3n) is 2.27. The Labute approximate surface area is 67.7 Å². The molecule has 2 nitrogen and oxygen atoms in total. The fourth-order valence-electron chi connectivity index (χ4n) is 1.47. The highest BCUT2D eigenvalue weighted by molar-refractivity contribution is 5.86. The summed E-state index contributed by atoms with van der Waals surface area (Å²) in [4.78, 5) is 15.0. The second kappa shape index (κ2) is 3.65. The van der Waals surface area contributed by atoms with E-state index in [1.54, 1.807) is 6.92 Å². The standard InChI is InChI=1S/C9H15NO/c1-7(11)3-4-9-5-6-10-8(9)2/h9H,3-6H2,1-2H3. The molecule has 2 heteroatoms. The highest BCUT2D eigenvalue weighted by atomic mass is 16.1. The first-order valence-corrected chi connectivity index (χ1v) is 4.20. The molecule has 62 valence electrons. The van der Waals surface area contributed by atoms with E-state index in [2.05, 4.69) is 11.9 Å². The zero-order chi connectivity index (χ0) is 8.27. The van der Waals surface area contributed by atoms with E-state index >= 15 is 0 Å². The molecule has 0 aromatic rings. The van der Waals surface area contributed by atoms with Crippen LogP contribution >= 0.6 is 0 Å². The lowest BCUT2D eigenvalue weighted by molar-refractivity contribution is -0.117. The number of hydrogen-bond acceptors (Lipinski definition) is 2. The van der Waals surface area contributed by atoms with E-state index in [1.165, 1.54) is 5.71 Å². The highest BCUT2D eigenvalue weighted by Gasteiger charge is 2.16. The van der Waals surface area contributed by atoms with Crippen molar-refractivity contribution in [3.05, 3.63) is 0 Å². The quantitative estimate of drug-likeness (QED) is 0.608. The SMILES string of the molecule is CC(=O)CCC1CCN=C1C. The molecule has 1 aliphatic rings. The van der Waals surface area contributed by atoms with Gasteiger partial charge >= 0.3 is 0 Å². The van der Waals surface area contributed by atoms with Gasteiger partial charge in [0.1, 0.15) is 5.78 Å². The monoisotopic (exact) mass is 153 g/mol. The molecular weight excluding hydrogens is 138 g/mol. The lowest BCUT2D eigenvalue weighted by Gasteiger charge is -2.06. The molecule has 0 saturated heterocycles. The van der Waals surface area contributed by atoms with Gasteiger partial charge in [-0.15, -0.1) is 0 Å². The Bertz CT molecular complexity index is 184. The summed E-state index contributed by atoms with van der Waals surface area (Å²) in [5, 5.41) is 0. The van der Waals surface area contributed by atoms with Crippen molar-refractivity contribution in [2.45, 2.75) is 33.1 Å². The van der Waals surface area contributed by atoms with Crippen molar-refractivity contribution in [2.24, 2.45) is 10.9 Å². The molecule has 0 aromatic heterocycles. The molecule has 1 aliphatic heterocycles. The fourth-order valence-corrected chi connectivity index (χ4v) is 1.47. The van der Waals surface area contributed by atoms with Gasteiger partial charge < -0.3 is 4.79 Å². The Morgan fingerprint density at radius 1 is 1.73 bits per heavy atom. The van der Waals surface area contributed by atoms with Gasteiger partial charge in [-0.25, -0.2) is 0 Å². The zero-order valence-corrected chi connectivity index (χ0v) is 7.26. The summed E-state index contributed by atoms with van der Waals surface area (Å²) < 4.78 is 0. The summed E-state index contributed by atoms with van der Waals surface area (Å²) in [6.07, 6.45) is 2.88. The van der Waals surface area contributed by atoms with E-state index in [0.29, 0.717) is 11.7 Å². The van der Waals surface area contributed by atoms with E-state index in [1.807, 2.05) is 0 Å². The molecule has 0 spiro atoms. The van der Waals surface area contributed by atoms with Crippen LogP contribution in [0, 0.1) is 5.92 Å². The Balaban J connectivity index is 2.27. The van der Waals surface area contributed by atoms with Crippen LogP contribution in [0.4, 0.5) is 0 Å².